The second kappa shape index (κ2) is 5.35. The third-order valence-corrected chi connectivity index (χ3v) is 5.04. The average molecular weight is 338 g/mol. The maximum Gasteiger partial charge on any atom is 0.123 e. The van der Waals surface area contributed by atoms with Crippen LogP contribution in [0.15, 0.2) is 28.7 Å². The second-order valence-electron chi connectivity index (χ2n) is 4.96. The fraction of sp³-hybridized carbons (Fsp3) is 0.400. The number of thiazole rings is 1. The number of aryl methyl sites for hydroxylation is 1. The molecule has 1 aromatic heterocycles. The molecule has 0 aliphatic heterocycles. The molecule has 0 N–H and O–H groups in total. The second-order valence-corrected chi connectivity index (χ2v) is 7.11. The number of halogens is 1. The SMILES string of the molecule is COC(c1nc(-c2ccc(Br)cc2)c(C)s1)C1CC1. The summed E-state index contributed by atoms with van der Waals surface area (Å²) in [6.45, 7) is 2.14. The zero-order valence-electron chi connectivity index (χ0n) is 11.0. The summed E-state index contributed by atoms with van der Waals surface area (Å²) in [5, 5.41) is 1.13. The number of hydrogen-bond acceptors (Lipinski definition) is 3. The third kappa shape index (κ3) is 2.76. The molecule has 0 spiro atoms. The van der Waals surface area contributed by atoms with E-state index in [1.165, 1.54) is 23.3 Å². The van der Waals surface area contributed by atoms with E-state index < -0.39 is 0 Å². The molecular formula is C15H16BrNOS. The molecule has 3 rings (SSSR count). The first-order valence-electron chi connectivity index (χ1n) is 6.45. The predicted octanol–water partition coefficient (Wildman–Crippen LogP) is 4.98. The van der Waals surface area contributed by atoms with Crippen LogP contribution in [0.3, 0.4) is 0 Å². The van der Waals surface area contributed by atoms with Gasteiger partial charge in [0.15, 0.2) is 0 Å². The molecule has 1 saturated carbocycles. The fourth-order valence-electron chi connectivity index (χ4n) is 2.31. The molecule has 0 radical (unpaired) electrons. The van der Waals surface area contributed by atoms with Crippen molar-refractivity contribution in [3.63, 3.8) is 0 Å². The van der Waals surface area contributed by atoms with Crippen LogP contribution in [0.5, 0.6) is 0 Å². The number of methoxy groups -OCH3 is 1. The first-order chi connectivity index (χ1) is 9.19. The first-order valence-corrected chi connectivity index (χ1v) is 8.06. The van der Waals surface area contributed by atoms with E-state index in [-0.39, 0.29) is 6.10 Å². The van der Waals surface area contributed by atoms with E-state index in [9.17, 15) is 0 Å². The van der Waals surface area contributed by atoms with Crippen molar-refractivity contribution in [2.75, 3.05) is 7.11 Å². The fourth-order valence-corrected chi connectivity index (χ4v) is 3.69. The quantitative estimate of drug-likeness (QED) is 0.784. The minimum atomic E-state index is 0.188. The van der Waals surface area contributed by atoms with Gasteiger partial charge >= 0.3 is 0 Å². The van der Waals surface area contributed by atoms with Crippen LogP contribution in [-0.2, 0) is 4.74 Å². The van der Waals surface area contributed by atoms with Gasteiger partial charge < -0.3 is 4.74 Å². The van der Waals surface area contributed by atoms with Crippen molar-refractivity contribution in [1.82, 2.24) is 4.98 Å². The van der Waals surface area contributed by atoms with Crippen molar-refractivity contribution in [2.24, 2.45) is 5.92 Å². The monoisotopic (exact) mass is 337 g/mol. The number of benzene rings is 1. The zero-order valence-corrected chi connectivity index (χ0v) is 13.4. The van der Waals surface area contributed by atoms with Gasteiger partial charge in [0.1, 0.15) is 11.1 Å². The molecule has 2 nitrogen and oxygen atoms in total. The highest BCUT2D eigenvalue weighted by molar-refractivity contribution is 9.10. The van der Waals surface area contributed by atoms with Crippen LogP contribution >= 0.6 is 27.3 Å². The van der Waals surface area contributed by atoms with Gasteiger partial charge in [-0.15, -0.1) is 11.3 Å². The van der Waals surface area contributed by atoms with Gasteiger partial charge in [0.2, 0.25) is 0 Å². The molecule has 1 heterocycles. The molecule has 4 heteroatoms. The zero-order chi connectivity index (χ0) is 13.4. The molecule has 100 valence electrons. The van der Waals surface area contributed by atoms with E-state index >= 15 is 0 Å². The summed E-state index contributed by atoms with van der Waals surface area (Å²) in [5.41, 5.74) is 2.27. The summed E-state index contributed by atoms with van der Waals surface area (Å²) in [4.78, 5) is 6.08. The molecule has 1 aromatic carbocycles. The molecule has 0 amide bonds. The van der Waals surface area contributed by atoms with Gasteiger partial charge in [0, 0.05) is 22.0 Å². The summed E-state index contributed by atoms with van der Waals surface area (Å²) in [5.74, 6) is 0.674. The standard InChI is InChI=1S/C15H16BrNOS/c1-9-13(10-5-7-12(16)8-6-10)17-15(19-9)14(18-2)11-3-4-11/h5-8,11,14H,3-4H2,1-2H3. The normalized spacial score (nSPS) is 16.6. The highest BCUT2D eigenvalue weighted by Crippen LogP contribution is 2.45. The summed E-state index contributed by atoms with van der Waals surface area (Å²) in [6, 6.07) is 8.33. The van der Waals surface area contributed by atoms with Gasteiger partial charge in [-0.25, -0.2) is 4.98 Å². The van der Waals surface area contributed by atoms with Gasteiger partial charge in [0.05, 0.1) is 5.69 Å². The first kappa shape index (κ1) is 13.3. The molecule has 1 aliphatic rings. The van der Waals surface area contributed by atoms with E-state index in [1.807, 2.05) is 0 Å². The Morgan fingerprint density at radius 1 is 1.32 bits per heavy atom. The smallest absolute Gasteiger partial charge is 0.123 e. The van der Waals surface area contributed by atoms with Crippen LogP contribution in [0, 0.1) is 12.8 Å². The van der Waals surface area contributed by atoms with E-state index in [1.54, 1.807) is 18.4 Å². The van der Waals surface area contributed by atoms with Gasteiger partial charge in [-0.1, -0.05) is 28.1 Å². The molecule has 19 heavy (non-hydrogen) atoms. The lowest BCUT2D eigenvalue weighted by Gasteiger charge is -2.10. The lowest BCUT2D eigenvalue weighted by molar-refractivity contribution is 0.0844. The Balaban J connectivity index is 1.94. The predicted molar refractivity (Wildman–Crippen MR) is 82.5 cm³/mol. The largest absolute Gasteiger partial charge is 0.374 e. The van der Waals surface area contributed by atoms with Crippen molar-refractivity contribution >= 4 is 27.3 Å². The Bertz CT molecular complexity index is 574. The van der Waals surface area contributed by atoms with Gasteiger partial charge in [0.25, 0.3) is 0 Å². The van der Waals surface area contributed by atoms with E-state index in [2.05, 4.69) is 47.1 Å². The van der Waals surface area contributed by atoms with Gasteiger partial charge in [-0.2, -0.15) is 0 Å². The van der Waals surface area contributed by atoms with Crippen LogP contribution < -0.4 is 0 Å². The van der Waals surface area contributed by atoms with E-state index in [0.717, 1.165) is 15.2 Å². The minimum absolute atomic E-state index is 0.188. The van der Waals surface area contributed by atoms with Crippen LogP contribution in [0.1, 0.15) is 28.8 Å². The molecule has 1 fully saturated rings. The Kier molecular flexibility index (Phi) is 3.74. The Labute approximate surface area is 126 Å². The molecule has 2 aromatic rings. The van der Waals surface area contributed by atoms with Gasteiger partial charge in [-0.3, -0.25) is 0 Å². The minimum Gasteiger partial charge on any atom is -0.374 e. The van der Waals surface area contributed by atoms with Crippen molar-refractivity contribution in [1.29, 1.82) is 0 Å². The van der Waals surface area contributed by atoms with Crippen LogP contribution in [-0.4, -0.2) is 12.1 Å². The number of nitrogens with zero attached hydrogens (tertiary/aromatic N) is 1. The molecule has 0 saturated heterocycles. The molecular weight excluding hydrogens is 322 g/mol. The Hall–Kier alpha value is -0.710. The maximum absolute atomic E-state index is 5.62. The van der Waals surface area contributed by atoms with Crippen molar-refractivity contribution in [3.8, 4) is 11.3 Å². The molecule has 1 unspecified atom stereocenters. The third-order valence-electron chi connectivity index (χ3n) is 3.48. The number of hydrogen-bond donors (Lipinski definition) is 0. The van der Waals surface area contributed by atoms with Crippen molar-refractivity contribution < 1.29 is 4.74 Å². The number of aromatic nitrogens is 1. The summed E-state index contributed by atoms with van der Waals surface area (Å²) >= 11 is 5.23. The lowest BCUT2D eigenvalue weighted by Crippen LogP contribution is -2.02. The van der Waals surface area contributed by atoms with Gasteiger partial charge in [-0.05, 0) is 37.8 Å². The van der Waals surface area contributed by atoms with Crippen LogP contribution in [0.2, 0.25) is 0 Å². The molecule has 1 atom stereocenters. The molecule has 0 bridgehead atoms. The average Bonchev–Trinajstić information content (AvgIpc) is 3.15. The van der Waals surface area contributed by atoms with E-state index in [0.29, 0.717) is 5.92 Å². The van der Waals surface area contributed by atoms with E-state index in [4.69, 9.17) is 9.72 Å². The summed E-state index contributed by atoms with van der Waals surface area (Å²) < 4.78 is 6.72. The van der Waals surface area contributed by atoms with Crippen molar-refractivity contribution in [2.45, 2.75) is 25.9 Å². The lowest BCUT2D eigenvalue weighted by atomic mass is 10.1. The highest BCUT2D eigenvalue weighted by atomic mass is 79.9. The van der Waals surface area contributed by atoms with Crippen LogP contribution in [0.25, 0.3) is 11.3 Å². The Morgan fingerprint density at radius 3 is 2.58 bits per heavy atom. The maximum atomic E-state index is 5.62. The molecule has 1 aliphatic carbocycles. The Morgan fingerprint density at radius 2 is 2.00 bits per heavy atom. The topological polar surface area (TPSA) is 22.1 Å². The number of rotatable bonds is 4. The van der Waals surface area contributed by atoms with Crippen LogP contribution in [0.4, 0.5) is 0 Å². The summed E-state index contributed by atoms with van der Waals surface area (Å²) in [7, 11) is 1.79. The highest BCUT2D eigenvalue weighted by Gasteiger charge is 2.34. The summed E-state index contributed by atoms with van der Waals surface area (Å²) in [6.07, 6.45) is 2.73. The number of ether oxygens (including phenoxy) is 1. The van der Waals surface area contributed by atoms with Crippen molar-refractivity contribution in [3.05, 3.63) is 38.6 Å².